The third kappa shape index (κ3) is 3.50. The topological polar surface area (TPSA) is 87.7 Å². The fraction of sp³-hybridized carbons (Fsp3) is 0.750. The summed E-state index contributed by atoms with van der Waals surface area (Å²) in [7, 11) is 0. The number of carbonyl (C=O) groups excluding carboxylic acids is 1. The Balaban J connectivity index is 1.78. The summed E-state index contributed by atoms with van der Waals surface area (Å²) in [6.07, 6.45) is 4.50. The van der Waals surface area contributed by atoms with Gasteiger partial charge in [0.2, 0.25) is 5.91 Å². The second kappa shape index (κ2) is 5.78. The van der Waals surface area contributed by atoms with Crippen molar-refractivity contribution in [3.05, 3.63) is 6.33 Å². The van der Waals surface area contributed by atoms with E-state index < -0.39 is 0 Å². The summed E-state index contributed by atoms with van der Waals surface area (Å²) in [5.41, 5.74) is -0.385. The van der Waals surface area contributed by atoms with Crippen LogP contribution < -0.4 is 0 Å². The lowest BCUT2D eigenvalue weighted by atomic mass is 9.83. The van der Waals surface area contributed by atoms with Crippen LogP contribution in [0.15, 0.2) is 6.33 Å². The molecule has 1 aromatic rings. The van der Waals surface area contributed by atoms with Crippen LogP contribution in [0.4, 0.5) is 0 Å². The summed E-state index contributed by atoms with van der Waals surface area (Å²) in [6.45, 7) is 3.88. The average molecular weight is 262 g/mol. The Morgan fingerprint density at radius 2 is 2.42 bits per heavy atom. The highest BCUT2D eigenvalue weighted by atomic mass is 16.2. The van der Waals surface area contributed by atoms with Gasteiger partial charge in [-0.05, 0) is 36.6 Å². The monoisotopic (exact) mass is 262 g/mol. The van der Waals surface area contributed by atoms with Crippen LogP contribution >= 0.6 is 0 Å². The number of hydrogen-bond acceptors (Lipinski definition) is 5. The Labute approximate surface area is 112 Å². The number of likely N-dealkylation sites (tertiary alicyclic amines) is 1. The summed E-state index contributed by atoms with van der Waals surface area (Å²) in [4.78, 5) is 13.9. The zero-order valence-electron chi connectivity index (χ0n) is 11.1. The van der Waals surface area contributed by atoms with E-state index in [1.54, 1.807) is 4.68 Å². The molecular weight excluding hydrogens is 244 g/mol. The van der Waals surface area contributed by atoms with Gasteiger partial charge in [-0.25, -0.2) is 4.68 Å². The number of hydrogen-bond donors (Lipinski definition) is 0. The highest BCUT2D eigenvalue weighted by molar-refractivity contribution is 5.76. The van der Waals surface area contributed by atoms with Crippen LogP contribution in [0.3, 0.4) is 0 Å². The Bertz CT molecular complexity index is 465. The van der Waals surface area contributed by atoms with Crippen molar-refractivity contribution in [2.75, 3.05) is 13.1 Å². The Kier molecular flexibility index (Phi) is 4.10. The van der Waals surface area contributed by atoms with Gasteiger partial charge < -0.3 is 4.90 Å². The Morgan fingerprint density at radius 3 is 3.11 bits per heavy atom. The van der Waals surface area contributed by atoms with E-state index in [0.29, 0.717) is 25.9 Å². The predicted molar refractivity (Wildman–Crippen MR) is 66.6 cm³/mol. The normalized spacial score (nSPS) is 23.1. The molecule has 0 aliphatic carbocycles. The van der Waals surface area contributed by atoms with Crippen LogP contribution in [-0.4, -0.2) is 44.1 Å². The quantitative estimate of drug-likeness (QED) is 0.793. The maximum Gasteiger partial charge on any atom is 0.222 e. The molecule has 2 heterocycles. The number of carbonyl (C=O) groups is 1. The van der Waals surface area contributed by atoms with Crippen molar-refractivity contribution in [3.63, 3.8) is 0 Å². The average Bonchev–Trinajstić information content (AvgIpc) is 2.92. The van der Waals surface area contributed by atoms with Gasteiger partial charge in [0.1, 0.15) is 6.33 Å². The molecule has 102 valence electrons. The fourth-order valence-electron chi connectivity index (χ4n) is 2.38. The molecule has 0 N–H and O–H groups in total. The van der Waals surface area contributed by atoms with E-state index in [9.17, 15) is 4.79 Å². The lowest BCUT2D eigenvalue weighted by molar-refractivity contribution is -0.133. The molecule has 1 aliphatic rings. The molecule has 1 saturated heterocycles. The minimum atomic E-state index is -0.385. The molecule has 7 heteroatoms. The van der Waals surface area contributed by atoms with Crippen LogP contribution in [0.2, 0.25) is 0 Å². The molecule has 0 radical (unpaired) electrons. The smallest absolute Gasteiger partial charge is 0.222 e. The van der Waals surface area contributed by atoms with Crippen LogP contribution in [-0.2, 0) is 11.3 Å². The summed E-state index contributed by atoms with van der Waals surface area (Å²) in [6, 6.07) is 2.32. The SMILES string of the molecule is C[C@@]1(C#N)CCCN(C(=O)CCCn2cnnn2)C1. The van der Waals surface area contributed by atoms with Gasteiger partial charge in [0.15, 0.2) is 0 Å². The molecular formula is C12H18N6O. The van der Waals surface area contributed by atoms with Gasteiger partial charge in [0, 0.05) is 26.1 Å². The molecule has 19 heavy (non-hydrogen) atoms. The van der Waals surface area contributed by atoms with Crippen LogP contribution in [0.1, 0.15) is 32.6 Å². The first-order valence-electron chi connectivity index (χ1n) is 6.53. The Hall–Kier alpha value is -1.97. The number of piperidine rings is 1. The minimum Gasteiger partial charge on any atom is -0.341 e. The van der Waals surface area contributed by atoms with E-state index in [1.807, 2.05) is 11.8 Å². The van der Waals surface area contributed by atoms with Crippen molar-refractivity contribution in [3.8, 4) is 6.07 Å². The number of tetrazole rings is 1. The van der Waals surface area contributed by atoms with Gasteiger partial charge in [0.25, 0.3) is 0 Å². The summed E-state index contributed by atoms with van der Waals surface area (Å²) < 4.78 is 1.61. The maximum atomic E-state index is 12.1. The molecule has 1 fully saturated rings. The van der Waals surface area contributed by atoms with E-state index in [2.05, 4.69) is 21.6 Å². The van der Waals surface area contributed by atoms with Crippen molar-refractivity contribution in [2.45, 2.75) is 39.2 Å². The van der Waals surface area contributed by atoms with Gasteiger partial charge in [-0.1, -0.05) is 0 Å². The van der Waals surface area contributed by atoms with E-state index in [-0.39, 0.29) is 11.3 Å². The highest BCUT2D eigenvalue weighted by Crippen LogP contribution is 2.28. The van der Waals surface area contributed by atoms with Gasteiger partial charge in [-0.3, -0.25) is 4.79 Å². The molecule has 0 unspecified atom stereocenters. The van der Waals surface area contributed by atoms with Crippen molar-refractivity contribution in [1.82, 2.24) is 25.1 Å². The summed E-state index contributed by atoms with van der Waals surface area (Å²) >= 11 is 0. The van der Waals surface area contributed by atoms with Crippen LogP contribution in [0.5, 0.6) is 0 Å². The van der Waals surface area contributed by atoms with E-state index in [4.69, 9.17) is 5.26 Å². The maximum absolute atomic E-state index is 12.1. The third-order valence-corrected chi connectivity index (χ3v) is 3.49. The lowest BCUT2D eigenvalue weighted by Gasteiger charge is -2.36. The zero-order valence-corrected chi connectivity index (χ0v) is 11.1. The van der Waals surface area contributed by atoms with Crippen LogP contribution in [0, 0.1) is 16.7 Å². The standard InChI is InChI=1S/C12H18N6O/c1-12(8-13)5-3-6-17(9-12)11(19)4-2-7-18-10-14-15-16-18/h10H,2-7,9H2,1H3/t12-/m0/s1. The molecule has 0 aromatic carbocycles. The molecule has 1 atom stereocenters. The number of nitriles is 1. The summed E-state index contributed by atoms with van der Waals surface area (Å²) in [5, 5.41) is 20.0. The van der Waals surface area contributed by atoms with Gasteiger partial charge >= 0.3 is 0 Å². The molecule has 7 nitrogen and oxygen atoms in total. The fourth-order valence-corrected chi connectivity index (χ4v) is 2.38. The second-order valence-electron chi connectivity index (χ2n) is 5.27. The van der Waals surface area contributed by atoms with E-state index >= 15 is 0 Å². The minimum absolute atomic E-state index is 0.120. The van der Waals surface area contributed by atoms with Crippen LogP contribution in [0.25, 0.3) is 0 Å². The van der Waals surface area contributed by atoms with E-state index in [0.717, 1.165) is 19.4 Å². The molecule has 0 spiro atoms. The number of amides is 1. The van der Waals surface area contributed by atoms with Crippen molar-refractivity contribution in [1.29, 1.82) is 5.26 Å². The molecule has 1 aliphatic heterocycles. The van der Waals surface area contributed by atoms with Crippen molar-refractivity contribution >= 4 is 5.91 Å². The lowest BCUT2D eigenvalue weighted by Crippen LogP contribution is -2.44. The number of nitrogens with zero attached hydrogens (tertiary/aromatic N) is 6. The second-order valence-corrected chi connectivity index (χ2v) is 5.27. The number of aromatic nitrogens is 4. The molecule has 1 aromatic heterocycles. The highest BCUT2D eigenvalue weighted by Gasteiger charge is 2.32. The van der Waals surface area contributed by atoms with Gasteiger partial charge in [-0.2, -0.15) is 5.26 Å². The third-order valence-electron chi connectivity index (χ3n) is 3.49. The number of aryl methyl sites for hydroxylation is 1. The van der Waals surface area contributed by atoms with Crippen molar-refractivity contribution in [2.24, 2.45) is 5.41 Å². The first-order chi connectivity index (χ1) is 9.13. The molecule has 0 saturated carbocycles. The largest absolute Gasteiger partial charge is 0.341 e. The molecule has 1 amide bonds. The van der Waals surface area contributed by atoms with E-state index in [1.165, 1.54) is 6.33 Å². The first-order valence-corrected chi connectivity index (χ1v) is 6.53. The first kappa shape index (κ1) is 13.5. The van der Waals surface area contributed by atoms with Crippen molar-refractivity contribution < 1.29 is 4.79 Å². The zero-order chi connectivity index (χ0) is 13.7. The summed E-state index contributed by atoms with van der Waals surface area (Å²) in [5.74, 6) is 0.120. The molecule has 2 rings (SSSR count). The van der Waals surface area contributed by atoms with Gasteiger partial charge in [-0.15, -0.1) is 5.10 Å². The van der Waals surface area contributed by atoms with Gasteiger partial charge in [0.05, 0.1) is 11.5 Å². The Morgan fingerprint density at radius 1 is 1.58 bits per heavy atom. The number of rotatable bonds is 4. The predicted octanol–water partition coefficient (Wildman–Crippen LogP) is 0.606. The molecule has 0 bridgehead atoms.